The van der Waals surface area contributed by atoms with Crippen LogP contribution in [-0.2, 0) is 4.79 Å². The minimum absolute atomic E-state index is 0.200. The molecule has 5 rings (SSSR count). The molecule has 1 fully saturated rings. The van der Waals surface area contributed by atoms with Crippen LogP contribution >= 0.6 is 11.8 Å². The van der Waals surface area contributed by atoms with Gasteiger partial charge in [0.1, 0.15) is 11.1 Å². The van der Waals surface area contributed by atoms with Crippen LogP contribution in [0.1, 0.15) is 32.1 Å². The number of hydrogen-bond acceptors (Lipinski definition) is 5. The predicted molar refractivity (Wildman–Crippen MR) is 115 cm³/mol. The molecule has 1 amide bonds. The molecule has 2 aromatic carbocycles. The fourth-order valence-corrected chi connectivity index (χ4v) is 5.56. The number of benzene rings is 2. The fraction of sp³-hybridized carbons (Fsp3) is 0.318. The topological polar surface area (TPSA) is 71.8 Å². The van der Waals surface area contributed by atoms with E-state index < -0.39 is 16.6 Å². The first-order chi connectivity index (χ1) is 14.7. The van der Waals surface area contributed by atoms with Gasteiger partial charge in [-0.3, -0.25) is 4.79 Å². The molecule has 2 heterocycles. The third-order valence-electron chi connectivity index (χ3n) is 5.84. The van der Waals surface area contributed by atoms with Crippen LogP contribution in [0, 0.1) is 5.82 Å². The van der Waals surface area contributed by atoms with Crippen LogP contribution in [0.25, 0.3) is 11.4 Å². The van der Waals surface area contributed by atoms with E-state index in [1.807, 2.05) is 35.0 Å². The average molecular weight is 424 g/mol. The molecule has 0 radical (unpaired) electrons. The van der Waals surface area contributed by atoms with Crippen LogP contribution in [-0.4, -0.2) is 31.6 Å². The van der Waals surface area contributed by atoms with E-state index in [1.54, 1.807) is 18.2 Å². The Hall–Kier alpha value is -2.87. The molecule has 1 atom stereocenters. The molecule has 2 N–H and O–H groups in total. The maximum Gasteiger partial charge on any atom is 0.240 e. The smallest absolute Gasteiger partial charge is 0.240 e. The van der Waals surface area contributed by atoms with Crippen LogP contribution in [0.4, 0.5) is 10.1 Å². The van der Waals surface area contributed by atoms with Gasteiger partial charge in [-0.1, -0.05) is 73.5 Å². The second-order valence-electron chi connectivity index (χ2n) is 7.80. The third-order valence-corrected chi connectivity index (χ3v) is 7.22. The van der Waals surface area contributed by atoms with E-state index in [9.17, 15) is 9.18 Å². The Morgan fingerprint density at radius 2 is 1.80 bits per heavy atom. The van der Waals surface area contributed by atoms with Crippen LogP contribution in [0.5, 0.6) is 0 Å². The number of halogens is 1. The highest BCUT2D eigenvalue weighted by Gasteiger charge is 2.49. The highest BCUT2D eigenvalue weighted by atomic mass is 32.2. The van der Waals surface area contributed by atoms with E-state index in [0.717, 1.165) is 43.5 Å². The van der Waals surface area contributed by atoms with Crippen molar-refractivity contribution in [3.8, 4) is 11.4 Å². The number of thioether (sulfide) groups is 1. The van der Waals surface area contributed by atoms with Crippen molar-refractivity contribution in [1.82, 2.24) is 14.9 Å². The number of para-hydroxylation sites is 1. The molecule has 30 heavy (non-hydrogen) atoms. The second kappa shape index (κ2) is 7.75. The van der Waals surface area contributed by atoms with Gasteiger partial charge in [-0.05, 0) is 25.0 Å². The molecule has 0 saturated heterocycles. The van der Waals surface area contributed by atoms with Crippen molar-refractivity contribution in [2.24, 2.45) is 0 Å². The number of nitrogens with zero attached hydrogens (tertiary/aromatic N) is 3. The summed E-state index contributed by atoms with van der Waals surface area (Å²) in [5.74, 6) is 0.0814. The molecule has 6 nitrogen and oxygen atoms in total. The van der Waals surface area contributed by atoms with Gasteiger partial charge in [0.15, 0.2) is 5.82 Å². The number of anilines is 1. The molecule has 8 heteroatoms. The molecule has 1 aliphatic carbocycles. The van der Waals surface area contributed by atoms with Crippen molar-refractivity contribution in [2.75, 3.05) is 10.7 Å². The van der Waals surface area contributed by atoms with E-state index >= 15 is 0 Å². The predicted octanol–water partition coefficient (Wildman–Crippen LogP) is 4.44. The van der Waals surface area contributed by atoms with Gasteiger partial charge in [0.05, 0.1) is 11.2 Å². The van der Waals surface area contributed by atoms with Crippen LogP contribution in [0.3, 0.4) is 0 Å². The van der Waals surface area contributed by atoms with E-state index in [0.29, 0.717) is 5.16 Å². The first-order valence-corrected chi connectivity index (χ1v) is 11.1. The first-order valence-electron chi connectivity index (χ1n) is 10.2. The lowest BCUT2D eigenvalue weighted by Crippen LogP contribution is -2.59. The Labute approximate surface area is 178 Å². The number of amides is 1. The van der Waals surface area contributed by atoms with Crippen LogP contribution < -0.4 is 10.7 Å². The normalized spacial score (nSPS) is 19.7. The summed E-state index contributed by atoms with van der Waals surface area (Å²) in [6.07, 6.45) is 4.95. The third kappa shape index (κ3) is 3.35. The molecule has 2 aliphatic rings. The number of fused-ring (bicyclic) bond motifs is 1. The molecule has 1 aromatic heterocycles. The van der Waals surface area contributed by atoms with Gasteiger partial charge >= 0.3 is 0 Å². The Kier molecular flexibility index (Phi) is 4.94. The average Bonchev–Trinajstić information content (AvgIpc) is 3.18. The van der Waals surface area contributed by atoms with Gasteiger partial charge in [0.25, 0.3) is 0 Å². The highest BCUT2D eigenvalue weighted by Crippen LogP contribution is 2.44. The maximum atomic E-state index is 14.1. The zero-order valence-electron chi connectivity index (χ0n) is 16.3. The number of carbonyl (C=O) groups is 1. The Balaban J connectivity index is 1.50. The van der Waals surface area contributed by atoms with Crippen molar-refractivity contribution < 1.29 is 9.18 Å². The Bertz CT molecular complexity index is 1060. The summed E-state index contributed by atoms with van der Waals surface area (Å²) in [4.78, 5) is 13.3. The fourth-order valence-electron chi connectivity index (χ4n) is 4.34. The second-order valence-corrected chi connectivity index (χ2v) is 8.88. The standard InChI is InChI=1S/C22H22FN5OS/c23-16-11-5-6-12-17(16)24-20(29)18-22(13-7-2-8-14-22)27-28-19(25-26-21(28)30-18)15-9-3-1-4-10-15/h1,3-6,9-12,18,27H,2,7-8,13-14H2,(H,24,29)/t18-/m1/s1. The van der Waals surface area contributed by atoms with E-state index in [4.69, 9.17) is 0 Å². The van der Waals surface area contributed by atoms with Crippen LogP contribution in [0.15, 0.2) is 59.8 Å². The van der Waals surface area contributed by atoms with Crippen molar-refractivity contribution in [1.29, 1.82) is 0 Å². The Morgan fingerprint density at radius 3 is 2.57 bits per heavy atom. The summed E-state index contributed by atoms with van der Waals surface area (Å²) < 4.78 is 16.0. The molecular formula is C22H22FN5OS. The van der Waals surface area contributed by atoms with E-state index in [-0.39, 0.29) is 11.6 Å². The summed E-state index contributed by atoms with van der Waals surface area (Å²) in [6, 6.07) is 16.1. The lowest BCUT2D eigenvalue weighted by Gasteiger charge is -2.46. The van der Waals surface area contributed by atoms with E-state index in [2.05, 4.69) is 20.9 Å². The van der Waals surface area contributed by atoms with Crippen molar-refractivity contribution >= 4 is 23.4 Å². The molecule has 1 spiro atoms. The van der Waals surface area contributed by atoms with Gasteiger partial charge in [-0.15, -0.1) is 10.2 Å². The summed E-state index contributed by atoms with van der Waals surface area (Å²) >= 11 is 1.40. The summed E-state index contributed by atoms with van der Waals surface area (Å²) in [5, 5.41) is 11.7. The monoisotopic (exact) mass is 423 g/mol. The minimum atomic E-state index is -0.438. The SMILES string of the molecule is O=C(Nc1ccccc1F)[C@H]1Sc2nnc(-c3ccccc3)n2NC12CCCCC2. The van der Waals surface area contributed by atoms with Gasteiger partial charge in [-0.25, -0.2) is 9.07 Å². The number of hydrogen-bond donors (Lipinski definition) is 2. The largest absolute Gasteiger partial charge is 0.323 e. The molecular weight excluding hydrogens is 401 g/mol. The number of nitrogens with one attached hydrogen (secondary N) is 2. The zero-order valence-corrected chi connectivity index (χ0v) is 17.2. The van der Waals surface area contributed by atoms with Crippen molar-refractivity contribution in [3.63, 3.8) is 0 Å². The van der Waals surface area contributed by atoms with Crippen LogP contribution in [0.2, 0.25) is 0 Å². The van der Waals surface area contributed by atoms with Gasteiger partial charge in [0, 0.05) is 5.56 Å². The number of rotatable bonds is 3. The quantitative estimate of drug-likeness (QED) is 0.652. The number of carbonyl (C=O) groups excluding carboxylic acids is 1. The molecule has 154 valence electrons. The molecule has 3 aromatic rings. The highest BCUT2D eigenvalue weighted by molar-refractivity contribution is 8.00. The van der Waals surface area contributed by atoms with Crippen molar-refractivity contribution in [3.05, 3.63) is 60.4 Å². The van der Waals surface area contributed by atoms with Gasteiger partial charge < -0.3 is 10.7 Å². The molecule has 1 saturated carbocycles. The van der Waals surface area contributed by atoms with Crippen molar-refractivity contribution in [2.45, 2.75) is 48.0 Å². The first kappa shape index (κ1) is 19.1. The summed E-state index contributed by atoms with van der Waals surface area (Å²) in [7, 11) is 0. The molecule has 0 bridgehead atoms. The summed E-state index contributed by atoms with van der Waals surface area (Å²) in [5.41, 5.74) is 4.34. The lowest BCUT2D eigenvalue weighted by molar-refractivity contribution is -0.117. The minimum Gasteiger partial charge on any atom is -0.323 e. The molecule has 1 aliphatic heterocycles. The summed E-state index contributed by atoms with van der Waals surface area (Å²) in [6.45, 7) is 0. The lowest BCUT2D eigenvalue weighted by atomic mass is 9.79. The van der Waals surface area contributed by atoms with E-state index in [1.165, 1.54) is 17.8 Å². The molecule has 0 unspecified atom stereocenters. The Morgan fingerprint density at radius 1 is 1.07 bits per heavy atom. The van der Waals surface area contributed by atoms with Gasteiger partial charge in [-0.2, -0.15) is 0 Å². The maximum absolute atomic E-state index is 14.1. The zero-order chi connectivity index (χ0) is 20.6. The number of aromatic nitrogens is 3. The van der Waals surface area contributed by atoms with Gasteiger partial charge in [0.2, 0.25) is 11.1 Å².